The molecule has 0 fully saturated rings. The van der Waals surface area contributed by atoms with E-state index < -0.39 is 45.8 Å². The maximum atomic E-state index is 13.7. The Labute approximate surface area is 116 Å². The molecule has 0 aliphatic heterocycles. The van der Waals surface area contributed by atoms with Crippen LogP contribution in [0.3, 0.4) is 0 Å². The first kappa shape index (κ1) is 15.3. The summed E-state index contributed by atoms with van der Waals surface area (Å²) in [6.07, 6.45) is 0. The van der Waals surface area contributed by atoms with Crippen molar-refractivity contribution < 1.29 is 31.1 Å². The molecule has 0 amide bonds. The van der Waals surface area contributed by atoms with E-state index in [1.165, 1.54) is 0 Å². The Morgan fingerprint density at radius 1 is 0.762 bits per heavy atom. The van der Waals surface area contributed by atoms with Crippen LogP contribution in [-0.4, -0.2) is 14.4 Å². The summed E-state index contributed by atoms with van der Waals surface area (Å²) in [7, 11) is 1.58. The average Bonchev–Trinajstić information content (AvgIpc) is 2.42. The van der Waals surface area contributed by atoms with E-state index >= 15 is 0 Å². The van der Waals surface area contributed by atoms with E-state index in [2.05, 4.69) is 4.74 Å². The van der Waals surface area contributed by atoms with E-state index in [4.69, 9.17) is 0 Å². The third kappa shape index (κ3) is 2.84. The first-order valence-corrected chi connectivity index (χ1v) is 5.56. The van der Waals surface area contributed by atoms with Gasteiger partial charge in [-0.2, -0.15) is 0 Å². The first-order valence-electron chi connectivity index (χ1n) is 5.56. The van der Waals surface area contributed by atoms with Gasteiger partial charge >= 0.3 is 0 Å². The van der Waals surface area contributed by atoms with E-state index in [0.717, 1.165) is 13.2 Å². The lowest BCUT2D eigenvalue weighted by Crippen LogP contribution is -2.36. The second-order valence-corrected chi connectivity index (χ2v) is 4.03. The second kappa shape index (κ2) is 5.71. The van der Waals surface area contributed by atoms with Gasteiger partial charge in [0, 0.05) is 18.2 Å². The van der Waals surface area contributed by atoms with Gasteiger partial charge in [-0.3, -0.25) is 0 Å². The van der Waals surface area contributed by atoms with Crippen molar-refractivity contribution in [3.63, 3.8) is 0 Å². The summed E-state index contributed by atoms with van der Waals surface area (Å²) in [5.74, 6) is -9.22. The summed E-state index contributed by atoms with van der Waals surface area (Å²) in [4.78, 5) is 0. The summed E-state index contributed by atoms with van der Waals surface area (Å²) in [5.41, 5.74) is -1.67. The van der Waals surface area contributed by atoms with Crippen LogP contribution in [0.2, 0.25) is 0 Å². The summed E-state index contributed by atoms with van der Waals surface area (Å²) < 4.78 is 84.6. The molecule has 0 aliphatic carbocycles. The van der Waals surface area contributed by atoms with Crippen molar-refractivity contribution in [2.45, 2.75) is 0 Å². The molecular formula is C13H6BF6O. The molecule has 0 atom stereocenters. The van der Waals surface area contributed by atoms with Gasteiger partial charge in [0.15, 0.2) is 23.3 Å². The van der Waals surface area contributed by atoms with Gasteiger partial charge in [-0.1, -0.05) is 0 Å². The van der Waals surface area contributed by atoms with E-state index in [1.807, 2.05) is 0 Å². The van der Waals surface area contributed by atoms with Gasteiger partial charge in [-0.25, -0.2) is 26.3 Å². The van der Waals surface area contributed by atoms with Gasteiger partial charge in [-0.05, 0) is 10.9 Å². The lowest BCUT2D eigenvalue weighted by molar-refractivity contribution is 0.411. The zero-order valence-electron chi connectivity index (χ0n) is 10.5. The minimum Gasteiger partial charge on any atom is -0.497 e. The maximum Gasteiger partial charge on any atom is 0.208 e. The Kier molecular flexibility index (Phi) is 4.15. The molecule has 1 radical (unpaired) electrons. The van der Waals surface area contributed by atoms with Gasteiger partial charge in [0.1, 0.15) is 17.4 Å². The fraction of sp³-hybridized carbons (Fsp3) is 0.0769. The highest BCUT2D eigenvalue weighted by Gasteiger charge is 2.23. The van der Waals surface area contributed by atoms with Crippen LogP contribution in [0.15, 0.2) is 18.2 Å². The molecule has 0 heterocycles. The average molecular weight is 303 g/mol. The zero-order valence-corrected chi connectivity index (χ0v) is 10.5. The number of rotatable bonds is 3. The van der Waals surface area contributed by atoms with Gasteiger partial charge in [0.25, 0.3) is 0 Å². The molecular weight excluding hydrogens is 297 g/mol. The third-order valence-corrected chi connectivity index (χ3v) is 2.71. The number of halogens is 6. The number of hydrogen-bond acceptors (Lipinski definition) is 1. The van der Waals surface area contributed by atoms with Crippen LogP contribution in [0.1, 0.15) is 0 Å². The largest absolute Gasteiger partial charge is 0.497 e. The molecule has 0 N–H and O–H groups in total. The Hall–Kier alpha value is -2.12. The van der Waals surface area contributed by atoms with Crippen LogP contribution >= 0.6 is 0 Å². The zero-order chi connectivity index (χ0) is 15.7. The Morgan fingerprint density at radius 3 is 1.86 bits per heavy atom. The molecule has 0 spiro atoms. The molecule has 0 saturated heterocycles. The molecule has 1 nitrogen and oxygen atoms in total. The fourth-order valence-electron chi connectivity index (χ4n) is 1.73. The Balaban J connectivity index is 2.58. The van der Waals surface area contributed by atoms with Gasteiger partial charge in [0.2, 0.25) is 7.28 Å². The van der Waals surface area contributed by atoms with Crippen molar-refractivity contribution in [1.82, 2.24) is 0 Å². The van der Waals surface area contributed by atoms with Crippen LogP contribution in [0.5, 0.6) is 5.75 Å². The number of hydrogen-bond donors (Lipinski definition) is 0. The SMILES string of the molecule is COc1cc(F)cc(F)c1[B]c1c(F)c(F)cc(F)c1F. The number of methoxy groups -OCH3 is 1. The quantitative estimate of drug-likeness (QED) is 0.480. The minimum atomic E-state index is -1.69. The summed E-state index contributed by atoms with van der Waals surface area (Å²) in [5, 5.41) is 0. The van der Waals surface area contributed by atoms with Crippen LogP contribution in [0, 0.1) is 34.9 Å². The van der Waals surface area contributed by atoms with Gasteiger partial charge in [-0.15, -0.1) is 0 Å². The van der Waals surface area contributed by atoms with Crippen molar-refractivity contribution in [3.8, 4) is 5.75 Å². The lowest BCUT2D eigenvalue weighted by Gasteiger charge is -2.11. The monoisotopic (exact) mass is 303 g/mol. The predicted molar refractivity (Wildman–Crippen MR) is 64.2 cm³/mol. The molecule has 0 aromatic heterocycles. The summed E-state index contributed by atoms with van der Waals surface area (Å²) in [6.45, 7) is 0. The van der Waals surface area contributed by atoms with E-state index in [-0.39, 0.29) is 11.8 Å². The molecule has 8 heteroatoms. The molecule has 2 aromatic carbocycles. The molecule has 0 saturated carbocycles. The second-order valence-electron chi connectivity index (χ2n) is 4.03. The van der Waals surface area contributed by atoms with E-state index in [0.29, 0.717) is 13.3 Å². The highest BCUT2D eigenvalue weighted by atomic mass is 19.2. The van der Waals surface area contributed by atoms with Crippen molar-refractivity contribution in [2.24, 2.45) is 0 Å². The van der Waals surface area contributed by atoms with Crippen molar-refractivity contribution in [2.75, 3.05) is 7.11 Å². The highest BCUT2D eigenvalue weighted by Crippen LogP contribution is 2.14. The Bertz CT molecular complexity index is 678. The highest BCUT2D eigenvalue weighted by molar-refractivity contribution is 6.68. The van der Waals surface area contributed by atoms with Gasteiger partial charge in [0.05, 0.1) is 7.11 Å². The molecule has 2 aromatic rings. The Morgan fingerprint density at radius 2 is 1.33 bits per heavy atom. The van der Waals surface area contributed by atoms with Crippen molar-refractivity contribution >= 4 is 18.2 Å². The minimum absolute atomic E-state index is 0.0280. The molecule has 109 valence electrons. The summed E-state index contributed by atoms with van der Waals surface area (Å²) >= 11 is 0. The standard InChI is InChI=1S/C13H6BF6O/c1-21-9-3-5(15)2-6(16)10(9)14-11-12(19)7(17)4-8(18)13(11)20/h2-4H,1H3. The van der Waals surface area contributed by atoms with Crippen LogP contribution in [0.25, 0.3) is 0 Å². The topological polar surface area (TPSA) is 9.23 Å². The summed E-state index contributed by atoms with van der Waals surface area (Å²) in [6, 6.07) is 1.24. The van der Waals surface area contributed by atoms with Crippen molar-refractivity contribution in [3.05, 3.63) is 53.1 Å². The number of benzene rings is 2. The van der Waals surface area contributed by atoms with Crippen LogP contribution < -0.4 is 15.7 Å². The van der Waals surface area contributed by atoms with E-state index in [1.54, 1.807) is 0 Å². The van der Waals surface area contributed by atoms with E-state index in [9.17, 15) is 26.3 Å². The molecule has 2 rings (SSSR count). The predicted octanol–water partition coefficient (Wildman–Crippen LogP) is 2.18. The maximum absolute atomic E-state index is 13.7. The molecule has 21 heavy (non-hydrogen) atoms. The first-order chi connectivity index (χ1) is 9.85. The number of ether oxygens (including phenoxy) is 1. The van der Waals surface area contributed by atoms with Gasteiger partial charge < -0.3 is 4.74 Å². The molecule has 0 aliphatic rings. The fourth-order valence-corrected chi connectivity index (χ4v) is 1.73. The third-order valence-electron chi connectivity index (χ3n) is 2.71. The van der Waals surface area contributed by atoms with Crippen LogP contribution in [-0.2, 0) is 0 Å². The van der Waals surface area contributed by atoms with Crippen molar-refractivity contribution in [1.29, 1.82) is 0 Å². The normalized spacial score (nSPS) is 10.6. The van der Waals surface area contributed by atoms with Crippen LogP contribution in [0.4, 0.5) is 26.3 Å². The lowest BCUT2D eigenvalue weighted by atomic mass is 9.62. The smallest absolute Gasteiger partial charge is 0.208 e. The molecule has 0 unspecified atom stereocenters. The molecule has 0 bridgehead atoms.